The molecule has 0 unspecified atom stereocenters. The highest BCUT2D eigenvalue weighted by Crippen LogP contribution is 2.34. The molecule has 4 rings (SSSR count). The van der Waals surface area contributed by atoms with Crippen molar-refractivity contribution < 1.29 is 13.9 Å². The monoisotopic (exact) mass is 358 g/mol. The topological polar surface area (TPSA) is 68.2 Å². The third-order valence-corrected chi connectivity index (χ3v) is 5.38. The highest BCUT2D eigenvalue weighted by Gasteiger charge is 2.35. The number of ether oxygens (including phenoxy) is 1. The van der Waals surface area contributed by atoms with Crippen LogP contribution in [0.15, 0.2) is 30.5 Å². The third-order valence-electron chi connectivity index (χ3n) is 5.38. The van der Waals surface area contributed by atoms with Crippen molar-refractivity contribution in [3.8, 4) is 0 Å². The van der Waals surface area contributed by atoms with Crippen molar-refractivity contribution in [2.45, 2.75) is 31.3 Å². The largest absolute Gasteiger partial charge is 0.381 e. The van der Waals surface area contributed by atoms with E-state index in [1.165, 1.54) is 6.07 Å². The van der Waals surface area contributed by atoms with Crippen LogP contribution in [0.2, 0.25) is 0 Å². The van der Waals surface area contributed by atoms with E-state index in [0.29, 0.717) is 32.0 Å². The number of hydrogen-bond acceptors (Lipinski definition) is 4. The number of carbonyl (C=O) groups excluding carboxylic acids is 1. The predicted octanol–water partition coefficient (Wildman–Crippen LogP) is 1.60. The van der Waals surface area contributed by atoms with Gasteiger partial charge in [0.2, 0.25) is 0 Å². The van der Waals surface area contributed by atoms with Crippen LogP contribution < -0.4 is 10.6 Å². The summed E-state index contributed by atoms with van der Waals surface area (Å²) in [6.45, 7) is 4.04. The van der Waals surface area contributed by atoms with Gasteiger partial charge < -0.3 is 19.9 Å². The number of imidazole rings is 1. The van der Waals surface area contributed by atoms with Gasteiger partial charge in [0.05, 0.1) is 6.54 Å². The van der Waals surface area contributed by atoms with Crippen molar-refractivity contribution >= 4 is 5.91 Å². The Hall–Kier alpha value is -2.25. The molecule has 1 aromatic carbocycles. The zero-order chi connectivity index (χ0) is 18.0. The van der Waals surface area contributed by atoms with Gasteiger partial charge in [0.15, 0.2) is 0 Å². The van der Waals surface area contributed by atoms with Crippen molar-refractivity contribution in [3.05, 3.63) is 53.4 Å². The summed E-state index contributed by atoms with van der Waals surface area (Å²) in [5.74, 6) is 0.440. The molecule has 2 aliphatic rings. The summed E-state index contributed by atoms with van der Waals surface area (Å²) in [5.41, 5.74) is 1.04. The molecule has 6 nitrogen and oxygen atoms in total. The number of amides is 1. The van der Waals surface area contributed by atoms with E-state index in [1.54, 1.807) is 12.1 Å². The molecule has 138 valence electrons. The van der Waals surface area contributed by atoms with Gasteiger partial charge in [-0.05, 0) is 30.5 Å². The number of aromatic nitrogens is 2. The van der Waals surface area contributed by atoms with Gasteiger partial charge in [-0.2, -0.15) is 0 Å². The first-order valence-electron chi connectivity index (χ1n) is 9.05. The second kappa shape index (κ2) is 7.17. The quantitative estimate of drug-likeness (QED) is 0.871. The van der Waals surface area contributed by atoms with Crippen LogP contribution in [-0.2, 0) is 23.2 Å². The van der Waals surface area contributed by atoms with E-state index in [9.17, 15) is 9.18 Å². The molecule has 0 spiro atoms. The van der Waals surface area contributed by atoms with Gasteiger partial charge in [-0.3, -0.25) is 4.79 Å². The molecule has 2 N–H and O–H groups in total. The highest BCUT2D eigenvalue weighted by atomic mass is 19.1. The fourth-order valence-electron chi connectivity index (χ4n) is 3.79. The van der Waals surface area contributed by atoms with Crippen molar-refractivity contribution in [1.82, 2.24) is 20.2 Å². The number of rotatable bonds is 4. The van der Waals surface area contributed by atoms with E-state index in [-0.39, 0.29) is 17.1 Å². The number of halogens is 1. The lowest BCUT2D eigenvalue weighted by molar-refractivity contribution is 0.0486. The maximum absolute atomic E-state index is 13.7. The second-order valence-corrected chi connectivity index (χ2v) is 7.00. The summed E-state index contributed by atoms with van der Waals surface area (Å²) < 4.78 is 21.3. The van der Waals surface area contributed by atoms with Crippen LogP contribution in [0.1, 0.15) is 34.7 Å². The van der Waals surface area contributed by atoms with Gasteiger partial charge >= 0.3 is 0 Å². The predicted molar refractivity (Wildman–Crippen MR) is 94.4 cm³/mol. The molecule has 0 aliphatic carbocycles. The molecule has 0 saturated carbocycles. The number of nitrogens with one attached hydrogen (secondary N) is 2. The van der Waals surface area contributed by atoms with E-state index in [1.807, 2.05) is 16.8 Å². The van der Waals surface area contributed by atoms with Gasteiger partial charge in [0.25, 0.3) is 5.91 Å². The maximum Gasteiger partial charge on any atom is 0.271 e. The van der Waals surface area contributed by atoms with Gasteiger partial charge in [0.1, 0.15) is 17.3 Å². The van der Waals surface area contributed by atoms with Crippen LogP contribution >= 0.6 is 0 Å². The van der Waals surface area contributed by atoms with Gasteiger partial charge in [-0.15, -0.1) is 0 Å². The zero-order valence-corrected chi connectivity index (χ0v) is 14.6. The summed E-state index contributed by atoms with van der Waals surface area (Å²) in [5, 5.41) is 6.27. The van der Waals surface area contributed by atoms with Gasteiger partial charge in [0, 0.05) is 44.5 Å². The van der Waals surface area contributed by atoms with E-state index < -0.39 is 0 Å². The molecule has 3 heterocycles. The number of carbonyl (C=O) groups is 1. The third kappa shape index (κ3) is 3.37. The SMILES string of the molecule is O=C(NCC1(c2cccc(F)c2)CCOCC1)c1cn2c(n1)CNCC2. The molecule has 1 saturated heterocycles. The van der Waals surface area contributed by atoms with Crippen molar-refractivity contribution in [2.75, 3.05) is 26.3 Å². The highest BCUT2D eigenvalue weighted by molar-refractivity contribution is 5.92. The molecule has 2 aromatic rings. The average molecular weight is 358 g/mol. The fraction of sp³-hybridized carbons (Fsp3) is 0.474. The molecular formula is C19H23FN4O2. The molecule has 0 atom stereocenters. The first-order valence-corrected chi connectivity index (χ1v) is 9.05. The van der Waals surface area contributed by atoms with E-state index in [2.05, 4.69) is 15.6 Å². The molecule has 0 bridgehead atoms. The van der Waals surface area contributed by atoms with Crippen molar-refractivity contribution in [1.29, 1.82) is 0 Å². The smallest absolute Gasteiger partial charge is 0.271 e. The molecular weight excluding hydrogens is 335 g/mol. The summed E-state index contributed by atoms with van der Waals surface area (Å²) in [7, 11) is 0. The van der Waals surface area contributed by atoms with Crippen LogP contribution in [0.25, 0.3) is 0 Å². The minimum Gasteiger partial charge on any atom is -0.381 e. The summed E-state index contributed by atoms with van der Waals surface area (Å²) >= 11 is 0. The first-order chi connectivity index (χ1) is 12.7. The number of hydrogen-bond donors (Lipinski definition) is 2. The normalized spacial score (nSPS) is 19.0. The second-order valence-electron chi connectivity index (χ2n) is 7.00. The van der Waals surface area contributed by atoms with Crippen LogP contribution in [0, 0.1) is 5.82 Å². The van der Waals surface area contributed by atoms with E-state index in [4.69, 9.17) is 4.74 Å². The van der Waals surface area contributed by atoms with Crippen LogP contribution in [0.4, 0.5) is 4.39 Å². The van der Waals surface area contributed by atoms with Gasteiger partial charge in [-0.1, -0.05) is 12.1 Å². The maximum atomic E-state index is 13.7. The Balaban J connectivity index is 1.51. The minimum atomic E-state index is -0.309. The lowest BCUT2D eigenvalue weighted by atomic mass is 9.74. The molecule has 26 heavy (non-hydrogen) atoms. The lowest BCUT2D eigenvalue weighted by Crippen LogP contribution is -2.44. The summed E-state index contributed by atoms with van der Waals surface area (Å²) in [4.78, 5) is 17.1. The van der Waals surface area contributed by atoms with Crippen LogP contribution in [0.3, 0.4) is 0 Å². The summed E-state index contributed by atoms with van der Waals surface area (Å²) in [6, 6.07) is 6.67. The molecule has 1 aromatic heterocycles. The molecule has 7 heteroatoms. The standard InChI is InChI=1S/C19H23FN4O2/c20-15-3-1-2-14(10-15)19(4-8-26-9-5-19)13-22-18(25)16-12-24-7-6-21-11-17(24)23-16/h1-3,10,12,21H,4-9,11,13H2,(H,22,25). The zero-order valence-electron chi connectivity index (χ0n) is 14.6. The van der Waals surface area contributed by atoms with Crippen molar-refractivity contribution in [3.63, 3.8) is 0 Å². The number of benzene rings is 1. The fourth-order valence-corrected chi connectivity index (χ4v) is 3.79. The molecule has 2 aliphatic heterocycles. The van der Waals surface area contributed by atoms with E-state index >= 15 is 0 Å². The Morgan fingerprint density at radius 1 is 1.38 bits per heavy atom. The number of nitrogens with zero attached hydrogens (tertiary/aromatic N) is 2. The Kier molecular flexibility index (Phi) is 4.74. The van der Waals surface area contributed by atoms with Crippen LogP contribution in [0.5, 0.6) is 0 Å². The molecule has 1 fully saturated rings. The Labute approximate surface area is 151 Å². The summed E-state index contributed by atoms with van der Waals surface area (Å²) in [6.07, 6.45) is 3.31. The Morgan fingerprint density at radius 2 is 2.23 bits per heavy atom. The Morgan fingerprint density at radius 3 is 3.00 bits per heavy atom. The minimum absolute atomic E-state index is 0.186. The number of fused-ring (bicyclic) bond motifs is 1. The molecule has 0 radical (unpaired) electrons. The molecule has 1 amide bonds. The first kappa shape index (κ1) is 17.2. The Bertz CT molecular complexity index is 775. The lowest BCUT2D eigenvalue weighted by Gasteiger charge is -2.37. The average Bonchev–Trinajstić information content (AvgIpc) is 3.11. The van der Waals surface area contributed by atoms with Crippen molar-refractivity contribution in [2.24, 2.45) is 0 Å². The van der Waals surface area contributed by atoms with E-state index in [0.717, 1.165) is 37.3 Å². The van der Waals surface area contributed by atoms with Gasteiger partial charge in [-0.25, -0.2) is 9.37 Å². The van der Waals surface area contributed by atoms with Crippen LogP contribution in [-0.4, -0.2) is 41.8 Å².